The molecule has 0 N–H and O–H groups in total. The van der Waals surface area contributed by atoms with Gasteiger partial charge >= 0.3 is 6.18 Å². The molecule has 1 radical (unpaired) electrons. The van der Waals surface area contributed by atoms with E-state index in [0.29, 0.717) is 11.1 Å². The van der Waals surface area contributed by atoms with E-state index < -0.39 is 11.7 Å². The SMILES string of the molecule is [CH2]C(=O)c1ccc(-c2ccccc2C(F)(F)F)cc1. The summed E-state index contributed by atoms with van der Waals surface area (Å²) >= 11 is 0. The maximum absolute atomic E-state index is 12.9. The Kier molecular flexibility index (Phi) is 3.42. The number of rotatable bonds is 2. The zero-order valence-corrected chi connectivity index (χ0v) is 9.87. The second-order valence-electron chi connectivity index (χ2n) is 4.04. The molecule has 0 bridgehead atoms. The topological polar surface area (TPSA) is 17.1 Å². The van der Waals surface area contributed by atoms with Gasteiger partial charge in [0.2, 0.25) is 0 Å². The molecule has 0 fully saturated rings. The number of hydrogen-bond acceptors (Lipinski definition) is 1. The predicted octanol–water partition coefficient (Wildman–Crippen LogP) is 4.39. The van der Waals surface area contributed by atoms with Gasteiger partial charge < -0.3 is 0 Å². The van der Waals surface area contributed by atoms with E-state index in [1.807, 2.05) is 0 Å². The predicted molar refractivity (Wildman–Crippen MR) is 66.6 cm³/mol. The maximum Gasteiger partial charge on any atom is 0.417 e. The van der Waals surface area contributed by atoms with Gasteiger partial charge in [-0.1, -0.05) is 42.5 Å². The lowest BCUT2D eigenvalue weighted by Crippen LogP contribution is -2.06. The molecule has 0 aliphatic carbocycles. The summed E-state index contributed by atoms with van der Waals surface area (Å²) in [7, 11) is 0. The first-order valence-electron chi connectivity index (χ1n) is 5.52. The molecule has 0 saturated heterocycles. The Bertz CT molecular complexity index is 598. The Labute approximate surface area is 108 Å². The Morgan fingerprint density at radius 1 is 0.947 bits per heavy atom. The summed E-state index contributed by atoms with van der Waals surface area (Å²) in [5.74, 6) is -0.365. The molecule has 0 amide bonds. The van der Waals surface area contributed by atoms with E-state index in [0.717, 1.165) is 6.07 Å². The molecular weight excluding hydrogens is 253 g/mol. The smallest absolute Gasteiger partial charge is 0.294 e. The Balaban J connectivity index is 2.50. The van der Waals surface area contributed by atoms with Crippen LogP contribution in [0.1, 0.15) is 15.9 Å². The molecule has 0 atom stereocenters. The van der Waals surface area contributed by atoms with Crippen LogP contribution in [0, 0.1) is 6.92 Å². The molecule has 0 saturated carbocycles. The van der Waals surface area contributed by atoms with E-state index in [1.165, 1.54) is 36.4 Å². The van der Waals surface area contributed by atoms with Crippen LogP contribution < -0.4 is 0 Å². The van der Waals surface area contributed by atoms with Crippen molar-refractivity contribution in [1.29, 1.82) is 0 Å². The molecule has 4 heteroatoms. The molecule has 97 valence electrons. The highest BCUT2D eigenvalue weighted by molar-refractivity contribution is 5.99. The quantitative estimate of drug-likeness (QED) is 0.734. The summed E-state index contributed by atoms with van der Waals surface area (Å²) in [5.41, 5.74) is 0.188. The van der Waals surface area contributed by atoms with Crippen molar-refractivity contribution >= 4 is 5.78 Å². The molecule has 2 aromatic rings. The van der Waals surface area contributed by atoms with E-state index in [9.17, 15) is 18.0 Å². The van der Waals surface area contributed by atoms with E-state index >= 15 is 0 Å². The Morgan fingerprint density at radius 3 is 2.05 bits per heavy atom. The van der Waals surface area contributed by atoms with Crippen LogP contribution in [0.25, 0.3) is 11.1 Å². The van der Waals surface area contributed by atoms with Crippen LogP contribution in [-0.2, 0) is 6.18 Å². The highest BCUT2D eigenvalue weighted by Crippen LogP contribution is 2.36. The summed E-state index contributed by atoms with van der Waals surface area (Å²) in [5, 5.41) is 0. The van der Waals surface area contributed by atoms with Crippen molar-refractivity contribution in [2.75, 3.05) is 0 Å². The molecule has 0 aliphatic heterocycles. The van der Waals surface area contributed by atoms with Crippen molar-refractivity contribution in [3.8, 4) is 11.1 Å². The van der Waals surface area contributed by atoms with Crippen molar-refractivity contribution in [3.63, 3.8) is 0 Å². The molecule has 0 aliphatic rings. The summed E-state index contributed by atoms with van der Waals surface area (Å²) < 4.78 is 38.6. The van der Waals surface area contributed by atoms with Crippen LogP contribution in [0.15, 0.2) is 48.5 Å². The zero-order valence-electron chi connectivity index (χ0n) is 9.87. The minimum Gasteiger partial charge on any atom is -0.294 e. The maximum atomic E-state index is 12.9. The minimum atomic E-state index is -4.41. The van der Waals surface area contributed by atoms with Gasteiger partial charge in [-0.05, 0) is 17.2 Å². The Morgan fingerprint density at radius 2 is 1.53 bits per heavy atom. The fraction of sp³-hybridized carbons (Fsp3) is 0.0667. The molecule has 2 rings (SSSR count). The average Bonchev–Trinajstić information content (AvgIpc) is 2.38. The fourth-order valence-corrected chi connectivity index (χ4v) is 1.82. The molecule has 2 aromatic carbocycles. The highest BCUT2D eigenvalue weighted by Gasteiger charge is 2.33. The number of Topliss-reactive ketones (excluding diaryl/α,β-unsaturated/α-hetero) is 1. The van der Waals surface area contributed by atoms with Crippen molar-refractivity contribution < 1.29 is 18.0 Å². The number of alkyl halides is 3. The zero-order chi connectivity index (χ0) is 14.0. The largest absolute Gasteiger partial charge is 0.417 e. The van der Waals surface area contributed by atoms with E-state index in [-0.39, 0.29) is 11.3 Å². The molecule has 0 spiro atoms. The molecule has 0 unspecified atom stereocenters. The van der Waals surface area contributed by atoms with Gasteiger partial charge in [0.05, 0.1) is 5.56 Å². The van der Waals surface area contributed by atoms with E-state index in [1.54, 1.807) is 6.07 Å². The number of carbonyl (C=O) groups excluding carboxylic acids is 1. The third-order valence-corrected chi connectivity index (χ3v) is 2.75. The molecule has 1 nitrogen and oxygen atoms in total. The molecule has 19 heavy (non-hydrogen) atoms. The lowest BCUT2D eigenvalue weighted by molar-refractivity contribution is -0.137. The summed E-state index contributed by atoms with van der Waals surface area (Å²) in [6.45, 7) is 3.25. The van der Waals surface area contributed by atoms with Gasteiger partial charge in [-0.2, -0.15) is 13.2 Å². The lowest BCUT2D eigenvalue weighted by Gasteiger charge is -2.12. The summed E-state index contributed by atoms with van der Waals surface area (Å²) in [6, 6.07) is 11.3. The van der Waals surface area contributed by atoms with Crippen LogP contribution in [0.2, 0.25) is 0 Å². The Hall–Kier alpha value is -2.10. The summed E-state index contributed by atoms with van der Waals surface area (Å²) in [6.07, 6.45) is -4.41. The monoisotopic (exact) mass is 263 g/mol. The van der Waals surface area contributed by atoms with Crippen molar-refractivity contribution in [3.05, 3.63) is 66.6 Å². The third kappa shape index (κ3) is 2.84. The van der Waals surface area contributed by atoms with Gasteiger partial charge in [-0.3, -0.25) is 4.79 Å². The van der Waals surface area contributed by atoms with E-state index in [4.69, 9.17) is 0 Å². The van der Waals surface area contributed by atoms with Crippen molar-refractivity contribution in [2.45, 2.75) is 6.18 Å². The van der Waals surface area contributed by atoms with Crippen LogP contribution in [0.3, 0.4) is 0 Å². The molecule has 0 aromatic heterocycles. The van der Waals surface area contributed by atoms with Gasteiger partial charge in [0.1, 0.15) is 0 Å². The number of carbonyl (C=O) groups is 1. The fourth-order valence-electron chi connectivity index (χ4n) is 1.82. The average molecular weight is 263 g/mol. The van der Waals surface area contributed by atoms with Gasteiger partial charge in [0.15, 0.2) is 5.78 Å². The second kappa shape index (κ2) is 4.88. The standard InChI is InChI=1S/C15H10F3O/c1-10(19)11-6-8-12(9-7-11)13-4-2-3-5-14(13)15(16,17)18/h2-9H,1H2. The van der Waals surface area contributed by atoms with Crippen LogP contribution in [0.5, 0.6) is 0 Å². The number of benzene rings is 2. The van der Waals surface area contributed by atoms with Gasteiger partial charge in [-0.25, -0.2) is 0 Å². The van der Waals surface area contributed by atoms with Crippen LogP contribution >= 0.6 is 0 Å². The number of halogens is 3. The normalized spacial score (nSPS) is 11.4. The van der Waals surface area contributed by atoms with Crippen LogP contribution in [0.4, 0.5) is 13.2 Å². The number of hydrogen-bond donors (Lipinski definition) is 0. The second-order valence-corrected chi connectivity index (χ2v) is 4.04. The number of ketones is 1. The summed E-state index contributed by atoms with van der Waals surface area (Å²) in [4.78, 5) is 11.0. The van der Waals surface area contributed by atoms with Gasteiger partial charge in [-0.15, -0.1) is 0 Å². The van der Waals surface area contributed by atoms with Crippen LogP contribution in [-0.4, -0.2) is 5.78 Å². The first kappa shape index (κ1) is 13.3. The highest BCUT2D eigenvalue weighted by atomic mass is 19.4. The minimum absolute atomic E-state index is 0.0954. The lowest BCUT2D eigenvalue weighted by atomic mass is 9.98. The van der Waals surface area contributed by atoms with E-state index in [2.05, 4.69) is 6.92 Å². The van der Waals surface area contributed by atoms with Gasteiger partial charge in [0.25, 0.3) is 0 Å². The van der Waals surface area contributed by atoms with Crippen molar-refractivity contribution in [1.82, 2.24) is 0 Å². The first-order chi connectivity index (χ1) is 8.89. The molecular formula is C15H10F3O. The van der Waals surface area contributed by atoms with Crippen molar-refractivity contribution in [2.24, 2.45) is 0 Å². The third-order valence-electron chi connectivity index (χ3n) is 2.75. The van der Waals surface area contributed by atoms with Gasteiger partial charge in [0, 0.05) is 12.5 Å². The molecule has 0 heterocycles. The first-order valence-corrected chi connectivity index (χ1v) is 5.52.